The average molecular weight is 227 g/mol. The van der Waals surface area contributed by atoms with Crippen LogP contribution in [0.4, 0.5) is 0 Å². The minimum atomic E-state index is -0.832. The van der Waals surface area contributed by atoms with Gasteiger partial charge in [-0.3, -0.25) is 4.79 Å². The molecule has 1 saturated heterocycles. The van der Waals surface area contributed by atoms with E-state index in [0.717, 1.165) is 32.6 Å². The van der Waals surface area contributed by atoms with Crippen molar-refractivity contribution in [2.45, 2.75) is 38.2 Å². The summed E-state index contributed by atoms with van der Waals surface area (Å²) < 4.78 is 5.25. The second-order valence-corrected chi connectivity index (χ2v) is 5.00. The second kappa shape index (κ2) is 5.64. The van der Waals surface area contributed by atoms with Crippen molar-refractivity contribution in [1.29, 1.82) is 0 Å². The number of ether oxygens (including phenoxy) is 1. The summed E-state index contributed by atoms with van der Waals surface area (Å²) in [4.78, 5) is 11.6. The fraction of sp³-hybridized carbons (Fsp3) is 0.917. The van der Waals surface area contributed by atoms with E-state index in [1.807, 2.05) is 0 Å². The lowest BCUT2D eigenvalue weighted by Gasteiger charge is -2.23. The average Bonchev–Trinajstić information content (AvgIpc) is 3.11. The zero-order chi connectivity index (χ0) is 11.4. The maximum absolute atomic E-state index is 11.6. The van der Waals surface area contributed by atoms with Crippen LogP contribution >= 0.6 is 0 Å². The summed E-state index contributed by atoms with van der Waals surface area (Å²) in [7, 11) is 0. The lowest BCUT2D eigenvalue weighted by molar-refractivity contribution is -0.130. The number of nitrogens with one attached hydrogen (secondary N) is 1. The van der Waals surface area contributed by atoms with Crippen LogP contribution in [0, 0.1) is 11.8 Å². The summed E-state index contributed by atoms with van der Waals surface area (Å²) in [5, 5.41) is 12.6. The summed E-state index contributed by atoms with van der Waals surface area (Å²) in [5.41, 5.74) is 0. The predicted octanol–water partition coefficient (Wildman–Crippen LogP) is 0.690. The van der Waals surface area contributed by atoms with Gasteiger partial charge in [0.05, 0.1) is 0 Å². The highest BCUT2D eigenvalue weighted by molar-refractivity contribution is 5.80. The summed E-state index contributed by atoms with van der Waals surface area (Å²) in [5.74, 6) is 0.910. The van der Waals surface area contributed by atoms with Crippen LogP contribution in [-0.2, 0) is 9.53 Å². The van der Waals surface area contributed by atoms with Gasteiger partial charge in [-0.05, 0) is 43.9 Å². The van der Waals surface area contributed by atoms with Crippen LogP contribution in [0.1, 0.15) is 32.1 Å². The van der Waals surface area contributed by atoms with Crippen molar-refractivity contribution in [3.8, 4) is 0 Å². The summed E-state index contributed by atoms with van der Waals surface area (Å²) in [6, 6.07) is 0. The molecule has 1 amide bonds. The summed E-state index contributed by atoms with van der Waals surface area (Å²) in [6.07, 6.45) is 4.12. The highest BCUT2D eigenvalue weighted by atomic mass is 16.5. The lowest BCUT2D eigenvalue weighted by atomic mass is 9.93. The molecule has 4 nitrogen and oxygen atoms in total. The van der Waals surface area contributed by atoms with E-state index in [1.54, 1.807) is 0 Å². The molecule has 1 atom stereocenters. The molecular formula is C12H21NO3. The zero-order valence-corrected chi connectivity index (χ0v) is 9.65. The number of rotatable bonds is 5. The first-order chi connectivity index (χ1) is 7.75. The van der Waals surface area contributed by atoms with Crippen molar-refractivity contribution in [1.82, 2.24) is 5.32 Å². The molecule has 0 spiro atoms. The van der Waals surface area contributed by atoms with Crippen LogP contribution in [0.3, 0.4) is 0 Å². The largest absolute Gasteiger partial charge is 0.383 e. The number of aliphatic hydroxyl groups is 1. The van der Waals surface area contributed by atoms with Gasteiger partial charge in [0.15, 0.2) is 0 Å². The molecule has 2 rings (SSSR count). The van der Waals surface area contributed by atoms with Gasteiger partial charge in [-0.2, -0.15) is 0 Å². The Labute approximate surface area is 96.4 Å². The Morgan fingerprint density at radius 3 is 2.56 bits per heavy atom. The molecule has 16 heavy (non-hydrogen) atoms. The maximum Gasteiger partial charge on any atom is 0.248 e. The Morgan fingerprint density at radius 1 is 1.25 bits per heavy atom. The minimum absolute atomic E-state index is 0.196. The lowest BCUT2D eigenvalue weighted by Crippen LogP contribution is -2.37. The Balaban J connectivity index is 1.64. The van der Waals surface area contributed by atoms with E-state index in [2.05, 4.69) is 5.32 Å². The van der Waals surface area contributed by atoms with Crippen LogP contribution in [-0.4, -0.2) is 36.9 Å². The van der Waals surface area contributed by atoms with Crippen molar-refractivity contribution in [3.05, 3.63) is 0 Å². The van der Waals surface area contributed by atoms with E-state index >= 15 is 0 Å². The van der Waals surface area contributed by atoms with Gasteiger partial charge in [0.1, 0.15) is 6.10 Å². The van der Waals surface area contributed by atoms with Crippen molar-refractivity contribution in [2.24, 2.45) is 11.8 Å². The molecule has 0 radical (unpaired) electrons. The van der Waals surface area contributed by atoms with E-state index in [1.165, 1.54) is 12.8 Å². The first kappa shape index (κ1) is 11.9. The van der Waals surface area contributed by atoms with E-state index in [-0.39, 0.29) is 5.91 Å². The fourth-order valence-corrected chi connectivity index (χ4v) is 2.09. The zero-order valence-electron chi connectivity index (χ0n) is 9.65. The third kappa shape index (κ3) is 3.76. The van der Waals surface area contributed by atoms with Crippen molar-refractivity contribution >= 4 is 5.91 Å². The third-order valence-electron chi connectivity index (χ3n) is 3.46. The van der Waals surface area contributed by atoms with Crippen molar-refractivity contribution in [2.75, 3.05) is 19.8 Å². The molecule has 4 heteroatoms. The van der Waals surface area contributed by atoms with Gasteiger partial charge in [-0.15, -0.1) is 0 Å². The molecule has 2 aliphatic rings. The first-order valence-electron chi connectivity index (χ1n) is 6.29. The molecule has 1 saturated carbocycles. The number of hydrogen-bond acceptors (Lipinski definition) is 3. The topological polar surface area (TPSA) is 58.6 Å². The Morgan fingerprint density at radius 2 is 1.94 bits per heavy atom. The number of hydrogen-bond donors (Lipinski definition) is 2. The molecule has 2 fully saturated rings. The Kier molecular flexibility index (Phi) is 4.18. The molecule has 0 aromatic heterocycles. The van der Waals surface area contributed by atoms with Crippen LogP contribution in [0.5, 0.6) is 0 Å². The maximum atomic E-state index is 11.6. The quantitative estimate of drug-likeness (QED) is 0.726. The van der Waals surface area contributed by atoms with Gasteiger partial charge in [-0.1, -0.05) is 0 Å². The van der Waals surface area contributed by atoms with E-state index in [9.17, 15) is 9.90 Å². The van der Waals surface area contributed by atoms with Crippen LogP contribution in [0.25, 0.3) is 0 Å². The van der Waals surface area contributed by atoms with Crippen LogP contribution in [0.2, 0.25) is 0 Å². The van der Waals surface area contributed by atoms with Crippen LogP contribution in [0.15, 0.2) is 0 Å². The highest BCUT2D eigenvalue weighted by Crippen LogP contribution is 2.27. The van der Waals surface area contributed by atoms with Gasteiger partial charge >= 0.3 is 0 Å². The van der Waals surface area contributed by atoms with E-state index in [0.29, 0.717) is 18.3 Å². The predicted molar refractivity (Wildman–Crippen MR) is 59.9 cm³/mol. The fourth-order valence-electron chi connectivity index (χ4n) is 2.09. The van der Waals surface area contributed by atoms with Gasteiger partial charge in [0.2, 0.25) is 5.91 Å². The SMILES string of the molecule is O=C(NCC1CC1)C(O)CC1CCOCC1. The van der Waals surface area contributed by atoms with E-state index in [4.69, 9.17) is 4.74 Å². The Hall–Kier alpha value is -0.610. The standard InChI is InChI=1S/C12H21NO3/c14-11(7-9-3-5-16-6-4-9)12(15)13-8-10-1-2-10/h9-11,14H,1-8H2,(H,13,15). The first-order valence-corrected chi connectivity index (χ1v) is 6.29. The number of amides is 1. The van der Waals surface area contributed by atoms with Gasteiger partial charge in [0, 0.05) is 19.8 Å². The van der Waals surface area contributed by atoms with Gasteiger partial charge < -0.3 is 15.2 Å². The molecule has 2 N–H and O–H groups in total. The molecule has 1 unspecified atom stereocenters. The molecule has 1 aliphatic heterocycles. The second-order valence-electron chi connectivity index (χ2n) is 5.00. The molecule has 0 aromatic carbocycles. The smallest absolute Gasteiger partial charge is 0.248 e. The normalized spacial score (nSPS) is 24.1. The molecule has 0 aromatic rings. The van der Waals surface area contributed by atoms with E-state index < -0.39 is 6.10 Å². The van der Waals surface area contributed by atoms with Crippen molar-refractivity contribution in [3.63, 3.8) is 0 Å². The molecule has 1 heterocycles. The van der Waals surface area contributed by atoms with Gasteiger partial charge in [0.25, 0.3) is 0 Å². The Bertz CT molecular complexity index is 234. The number of carbonyl (C=O) groups is 1. The highest BCUT2D eigenvalue weighted by Gasteiger charge is 2.25. The monoisotopic (exact) mass is 227 g/mol. The molecule has 1 aliphatic carbocycles. The van der Waals surface area contributed by atoms with Crippen molar-refractivity contribution < 1.29 is 14.6 Å². The minimum Gasteiger partial charge on any atom is -0.383 e. The number of aliphatic hydroxyl groups excluding tert-OH is 1. The third-order valence-corrected chi connectivity index (χ3v) is 3.46. The summed E-state index contributed by atoms with van der Waals surface area (Å²) >= 11 is 0. The summed E-state index contributed by atoms with van der Waals surface area (Å²) in [6.45, 7) is 2.27. The van der Waals surface area contributed by atoms with Gasteiger partial charge in [-0.25, -0.2) is 0 Å². The molecule has 92 valence electrons. The molecule has 0 bridgehead atoms. The number of carbonyl (C=O) groups excluding carboxylic acids is 1. The van der Waals surface area contributed by atoms with Crippen LogP contribution < -0.4 is 5.32 Å². The molecular weight excluding hydrogens is 206 g/mol.